The van der Waals surface area contributed by atoms with E-state index in [2.05, 4.69) is 6.92 Å². The summed E-state index contributed by atoms with van der Waals surface area (Å²) in [6, 6.07) is 5.40. The zero-order valence-electron chi connectivity index (χ0n) is 13.4. The van der Waals surface area contributed by atoms with E-state index < -0.39 is 6.10 Å². The second kappa shape index (κ2) is 10.9. The average molecular weight is 313 g/mol. The third-order valence-corrected chi connectivity index (χ3v) is 4.12. The zero-order valence-corrected chi connectivity index (χ0v) is 14.2. The molecule has 0 aliphatic carbocycles. The Labute approximate surface area is 134 Å². The number of aliphatic hydroxyl groups is 1. The standard InChI is InChI=1S/C18H29ClO2/c1-3-4-5-6-7-8-9-10-11-17(20)16-14-15(19)12-13-18(16)21-2/h12-14,17,20H,3-11H2,1-2H3. The topological polar surface area (TPSA) is 29.5 Å². The Bertz CT molecular complexity index is 393. The van der Waals surface area contributed by atoms with Crippen LogP contribution < -0.4 is 4.74 Å². The molecule has 0 bridgehead atoms. The number of rotatable bonds is 11. The van der Waals surface area contributed by atoms with E-state index in [1.807, 2.05) is 6.07 Å². The van der Waals surface area contributed by atoms with Gasteiger partial charge in [0.2, 0.25) is 0 Å². The molecule has 3 heteroatoms. The van der Waals surface area contributed by atoms with Gasteiger partial charge in [0.25, 0.3) is 0 Å². The lowest BCUT2D eigenvalue weighted by molar-refractivity contribution is 0.159. The fourth-order valence-electron chi connectivity index (χ4n) is 2.59. The van der Waals surface area contributed by atoms with E-state index in [0.717, 1.165) is 18.4 Å². The SMILES string of the molecule is CCCCCCCCCCC(O)c1cc(Cl)ccc1OC. The molecular weight excluding hydrogens is 284 g/mol. The van der Waals surface area contributed by atoms with Crippen molar-refractivity contribution < 1.29 is 9.84 Å². The van der Waals surface area contributed by atoms with Crippen LogP contribution in [0.1, 0.15) is 76.4 Å². The quantitative estimate of drug-likeness (QED) is 0.514. The summed E-state index contributed by atoms with van der Waals surface area (Å²) in [6.07, 6.45) is 10.5. The lowest BCUT2D eigenvalue weighted by Gasteiger charge is -2.15. The second-order valence-corrected chi connectivity index (χ2v) is 6.10. The fourth-order valence-corrected chi connectivity index (χ4v) is 2.77. The summed E-state index contributed by atoms with van der Waals surface area (Å²) in [6.45, 7) is 2.24. The van der Waals surface area contributed by atoms with Crippen LogP contribution in [0.5, 0.6) is 5.75 Å². The smallest absolute Gasteiger partial charge is 0.124 e. The molecule has 0 spiro atoms. The minimum absolute atomic E-state index is 0.487. The molecule has 1 atom stereocenters. The monoisotopic (exact) mass is 312 g/mol. The van der Waals surface area contributed by atoms with E-state index in [1.165, 1.54) is 44.9 Å². The summed E-state index contributed by atoms with van der Waals surface area (Å²) < 4.78 is 5.29. The number of aliphatic hydroxyl groups excluding tert-OH is 1. The van der Waals surface area contributed by atoms with E-state index in [0.29, 0.717) is 10.8 Å². The van der Waals surface area contributed by atoms with Gasteiger partial charge in [-0.15, -0.1) is 0 Å². The highest BCUT2D eigenvalue weighted by molar-refractivity contribution is 6.30. The maximum absolute atomic E-state index is 10.3. The van der Waals surface area contributed by atoms with Crippen molar-refractivity contribution in [2.75, 3.05) is 7.11 Å². The van der Waals surface area contributed by atoms with E-state index in [9.17, 15) is 5.11 Å². The molecule has 1 unspecified atom stereocenters. The molecule has 0 heterocycles. The molecule has 0 amide bonds. The van der Waals surface area contributed by atoms with Crippen molar-refractivity contribution in [1.29, 1.82) is 0 Å². The number of methoxy groups -OCH3 is 1. The molecule has 1 N–H and O–H groups in total. The Balaban J connectivity index is 2.24. The van der Waals surface area contributed by atoms with Crippen LogP contribution in [-0.2, 0) is 0 Å². The predicted octanol–water partition coefficient (Wildman–Crippen LogP) is 5.91. The van der Waals surface area contributed by atoms with E-state index >= 15 is 0 Å². The largest absolute Gasteiger partial charge is 0.496 e. The van der Waals surface area contributed by atoms with Crippen molar-refractivity contribution >= 4 is 11.6 Å². The molecule has 0 aliphatic rings. The highest BCUT2D eigenvalue weighted by Gasteiger charge is 2.13. The molecule has 0 saturated carbocycles. The number of halogens is 1. The summed E-state index contributed by atoms with van der Waals surface area (Å²) in [5, 5.41) is 10.9. The summed E-state index contributed by atoms with van der Waals surface area (Å²) in [7, 11) is 1.62. The van der Waals surface area contributed by atoms with Gasteiger partial charge in [-0.05, 0) is 24.6 Å². The van der Waals surface area contributed by atoms with Gasteiger partial charge in [-0.1, -0.05) is 69.9 Å². The third kappa shape index (κ3) is 7.19. The van der Waals surface area contributed by atoms with Crippen LogP contribution in [0.15, 0.2) is 18.2 Å². The summed E-state index contributed by atoms with van der Waals surface area (Å²) in [5.74, 6) is 0.714. The highest BCUT2D eigenvalue weighted by Crippen LogP contribution is 2.31. The maximum Gasteiger partial charge on any atom is 0.124 e. The molecule has 21 heavy (non-hydrogen) atoms. The number of ether oxygens (including phenoxy) is 1. The van der Waals surface area contributed by atoms with Gasteiger partial charge >= 0.3 is 0 Å². The van der Waals surface area contributed by atoms with Crippen LogP contribution in [0.3, 0.4) is 0 Å². The Hall–Kier alpha value is -0.730. The van der Waals surface area contributed by atoms with E-state index in [4.69, 9.17) is 16.3 Å². The van der Waals surface area contributed by atoms with Gasteiger partial charge in [-0.2, -0.15) is 0 Å². The van der Waals surface area contributed by atoms with Gasteiger partial charge in [0.1, 0.15) is 5.75 Å². The first-order chi connectivity index (χ1) is 10.2. The van der Waals surface area contributed by atoms with Gasteiger partial charge in [-0.25, -0.2) is 0 Å². The van der Waals surface area contributed by atoms with Crippen molar-refractivity contribution in [3.8, 4) is 5.75 Å². The molecule has 1 aromatic carbocycles. The molecule has 0 saturated heterocycles. The molecule has 0 aromatic heterocycles. The molecule has 120 valence electrons. The first kappa shape index (κ1) is 18.3. The fraction of sp³-hybridized carbons (Fsp3) is 0.667. The Kier molecular flexibility index (Phi) is 9.53. The number of hydrogen-bond acceptors (Lipinski definition) is 2. The maximum atomic E-state index is 10.3. The molecule has 2 nitrogen and oxygen atoms in total. The predicted molar refractivity (Wildman–Crippen MR) is 90.2 cm³/mol. The van der Waals surface area contributed by atoms with Crippen LogP contribution in [0.2, 0.25) is 5.02 Å². The lowest BCUT2D eigenvalue weighted by atomic mass is 10.0. The molecule has 0 radical (unpaired) electrons. The van der Waals surface area contributed by atoms with Crippen LogP contribution in [0.25, 0.3) is 0 Å². The first-order valence-electron chi connectivity index (χ1n) is 8.20. The molecule has 0 fully saturated rings. The number of benzene rings is 1. The van der Waals surface area contributed by atoms with Gasteiger partial charge in [0.05, 0.1) is 13.2 Å². The molecular formula is C18H29ClO2. The van der Waals surface area contributed by atoms with Crippen LogP contribution in [0.4, 0.5) is 0 Å². The van der Waals surface area contributed by atoms with Gasteiger partial charge in [-0.3, -0.25) is 0 Å². The van der Waals surface area contributed by atoms with Crippen LogP contribution in [-0.4, -0.2) is 12.2 Å². The van der Waals surface area contributed by atoms with Crippen LogP contribution in [0, 0.1) is 0 Å². The van der Waals surface area contributed by atoms with Crippen molar-refractivity contribution in [1.82, 2.24) is 0 Å². The summed E-state index contributed by atoms with van der Waals surface area (Å²) >= 11 is 6.00. The Morgan fingerprint density at radius 1 is 1.05 bits per heavy atom. The third-order valence-electron chi connectivity index (χ3n) is 3.88. The van der Waals surface area contributed by atoms with Crippen molar-refractivity contribution in [2.24, 2.45) is 0 Å². The zero-order chi connectivity index (χ0) is 15.5. The average Bonchev–Trinajstić information content (AvgIpc) is 2.49. The Morgan fingerprint density at radius 2 is 1.67 bits per heavy atom. The minimum atomic E-state index is -0.487. The van der Waals surface area contributed by atoms with Crippen molar-refractivity contribution in [3.63, 3.8) is 0 Å². The van der Waals surface area contributed by atoms with Gasteiger partial charge < -0.3 is 9.84 Å². The Morgan fingerprint density at radius 3 is 2.29 bits per heavy atom. The highest BCUT2D eigenvalue weighted by atomic mass is 35.5. The number of unbranched alkanes of at least 4 members (excludes halogenated alkanes) is 7. The number of hydrogen-bond donors (Lipinski definition) is 1. The van der Waals surface area contributed by atoms with E-state index in [-0.39, 0.29) is 0 Å². The minimum Gasteiger partial charge on any atom is -0.496 e. The van der Waals surface area contributed by atoms with E-state index in [1.54, 1.807) is 19.2 Å². The van der Waals surface area contributed by atoms with Gasteiger partial charge in [0.15, 0.2) is 0 Å². The molecule has 1 aromatic rings. The van der Waals surface area contributed by atoms with Crippen LogP contribution >= 0.6 is 11.6 Å². The first-order valence-corrected chi connectivity index (χ1v) is 8.58. The summed E-state index contributed by atoms with van der Waals surface area (Å²) in [5.41, 5.74) is 0.799. The van der Waals surface area contributed by atoms with Crippen molar-refractivity contribution in [3.05, 3.63) is 28.8 Å². The van der Waals surface area contributed by atoms with Gasteiger partial charge in [0, 0.05) is 10.6 Å². The normalized spacial score (nSPS) is 12.4. The molecule has 1 rings (SSSR count). The second-order valence-electron chi connectivity index (χ2n) is 5.67. The molecule has 0 aliphatic heterocycles. The van der Waals surface area contributed by atoms with Crippen molar-refractivity contribution in [2.45, 2.75) is 70.8 Å². The lowest BCUT2D eigenvalue weighted by Crippen LogP contribution is -2.01. The summed E-state index contributed by atoms with van der Waals surface area (Å²) in [4.78, 5) is 0.